The van der Waals surface area contributed by atoms with Crippen LogP contribution in [0.2, 0.25) is 0 Å². The summed E-state index contributed by atoms with van der Waals surface area (Å²) in [4.78, 5) is 1.13. The van der Waals surface area contributed by atoms with Crippen molar-refractivity contribution >= 4 is 32.1 Å². The number of fused-ring (bicyclic) bond motifs is 1. The topological polar surface area (TPSA) is 12.0 Å². The summed E-state index contributed by atoms with van der Waals surface area (Å²) in [5.41, 5.74) is 0.153. The van der Waals surface area contributed by atoms with Crippen LogP contribution in [0.25, 0.3) is 9.40 Å². The second kappa shape index (κ2) is 6.22. The Bertz CT molecular complexity index is 699. The van der Waals surface area contributed by atoms with Crippen molar-refractivity contribution in [3.8, 4) is 0 Å². The Kier molecular flexibility index (Phi) is 4.33. The second-order valence-corrected chi connectivity index (χ2v) is 6.88. The summed E-state index contributed by atoms with van der Waals surface area (Å²) in [7, 11) is 0. The number of halogens is 2. The number of thiophene rings is 2. The fourth-order valence-corrected chi connectivity index (χ4v) is 4.60. The lowest BCUT2D eigenvalue weighted by molar-refractivity contribution is 0.504. The Hall–Kier alpha value is -1.30. The predicted molar refractivity (Wildman–Crippen MR) is 86.2 cm³/mol. The summed E-state index contributed by atoms with van der Waals surface area (Å²) >= 11 is 3.38. The smallest absolute Gasteiger partial charge is 0.129 e. The first-order chi connectivity index (χ1) is 10.2. The summed E-state index contributed by atoms with van der Waals surface area (Å²) in [6.45, 7) is 2.76. The van der Waals surface area contributed by atoms with Crippen molar-refractivity contribution in [2.24, 2.45) is 0 Å². The van der Waals surface area contributed by atoms with Crippen LogP contribution in [-0.2, 0) is 6.42 Å². The quantitative estimate of drug-likeness (QED) is 0.686. The molecule has 0 aliphatic heterocycles. The molecule has 2 aromatic heterocycles. The van der Waals surface area contributed by atoms with Crippen molar-refractivity contribution in [3.05, 3.63) is 57.8 Å². The van der Waals surface area contributed by atoms with Gasteiger partial charge in [0, 0.05) is 25.9 Å². The van der Waals surface area contributed by atoms with Crippen LogP contribution in [0.3, 0.4) is 0 Å². The van der Waals surface area contributed by atoms with E-state index in [0.29, 0.717) is 6.42 Å². The minimum atomic E-state index is -0.476. The van der Waals surface area contributed by atoms with Gasteiger partial charge in [0.25, 0.3) is 0 Å². The molecule has 2 heterocycles. The van der Waals surface area contributed by atoms with E-state index in [9.17, 15) is 8.78 Å². The van der Waals surface area contributed by atoms with E-state index in [1.165, 1.54) is 27.6 Å². The molecule has 0 amide bonds. The molecule has 0 aliphatic rings. The molecule has 1 nitrogen and oxygen atoms in total. The molecular weight excluding hydrogens is 308 g/mol. The Labute approximate surface area is 130 Å². The molecule has 1 aromatic carbocycles. The molecule has 1 N–H and O–H groups in total. The summed E-state index contributed by atoms with van der Waals surface area (Å²) in [5.74, 6) is -0.951. The van der Waals surface area contributed by atoms with Gasteiger partial charge in [0.15, 0.2) is 0 Å². The zero-order valence-electron chi connectivity index (χ0n) is 11.5. The van der Waals surface area contributed by atoms with Gasteiger partial charge in [-0.1, -0.05) is 13.0 Å². The highest BCUT2D eigenvalue weighted by Gasteiger charge is 2.19. The third-order valence-corrected chi connectivity index (χ3v) is 5.63. The Morgan fingerprint density at radius 3 is 2.57 bits per heavy atom. The molecule has 0 fully saturated rings. The summed E-state index contributed by atoms with van der Waals surface area (Å²) in [5, 5.41) is 5.39. The second-order valence-electron chi connectivity index (χ2n) is 4.81. The number of benzene rings is 1. The summed E-state index contributed by atoms with van der Waals surface area (Å²) < 4.78 is 30.2. The molecule has 0 saturated heterocycles. The molecular formula is C16H15F2NS2. The lowest BCUT2D eigenvalue weighted by Crippen LogP contribution is -2.23. The Balaban J connectivity index is 1.93. The maximum absolute atomic E-state index is 13.8. The number of hydrogen-bond donors (Lipinski definition) is 1. The highest BCUT2D eigenvalue weighted by Crippen LogP contribution is 2.35. The summed E-state index contributed by atoms with van der Waals surface area (Å²) in [6, 6.07) is 8.17. The van der Waals surface area contributed by atoms with Crippen molar-refractivity contribution in [2.45, 2.75) is 19.4 Å². The maximum atomic E-state index is 13.8. The lowest BCUT2D eigenvalue weighted by atomic mass is 10.0. The van der Waals surface area contributed by atoms with E-state index in [0.717, 1.165) is 11.4 Å². The predicted octanol–water partition coefficient (Wildman–Crippen LogP) is 5.13. The van der Waals surface area contributed by atoms with Gasteiger partial charge < -0.3 is 5.32 Å². The summed E-state index contributed by atoms with van der Waals surface area (Å²) in [6.07, 6.45) is 0.320. The molecule has 0 aliphatic carbocycles. The molecule has 3 rings (SSSR count). The molecule has 21 heavy (non-hydrogen) atoms. The minimum Gasteiger partial charge on any atom is -0.309 e. The van der Waals surface area contributed by atoms with Crippen LogP contribution in [0.4, 0.5) is 8.78 Å². The highest BCUT2D eigenvalue weighted by molar-refractivity contribution is 7.26. The molecule has 0 bridgehead atoms. The van der Waals surface area contributed by atoms with Gasteiger partial charge in [0.05, 0.1) is 0 Å². The van der Waals surface area contributed by atoms with E-state index in [1.807, 2.05) is 6.92 Å². The largest absolute Gasteiger partial charge is 0.309 e. The standard InChI is InChI=1S/C16H15F2NS2/c1-2-19-13(8-10-11(17)4-3-5-12(10)18)15-9-16-14(21-15)6-7-20-16/h3-7,9,13,19H,2,8H2,1H3. The molecule has 5 heteroatoms. The minimum absolute atomic E-state index is 0.0639. The van der Waals surface area contributed by atoms with Crippen LogP contribution in [0, 0.1) is 11.6 Å². The van der Waals surface area contributed by atoms with Crippen LogP contribution < -0.4 is 5.32 Å². The van der Waals surface area contributed by atoms with Crippen LogP contribution >= 0.6 is 22.7 Å². The van der Waals surface area contributed by atoms with Crippen LogP contribution in [0.5, 0.6) is 0 Å². The third kappa shape index (κ3) is 3.00. The van der Waals surface area contributed by atoms with Gasteiger partial charge in [-0.3, -0.25) is 0 Å². The molecule has 0 spiro atoms. The fraction of sp³-hybridized carbons (Fsp3) is 0.250. The van der Waals surface area contributed by atoms with Crippen molar-refractivity contribution < 1.29 is 8.78 Å². The first-order valence-electron chi connectivity index (χ1n) is 6.82. The third-order valence-electron chi connectivity index (χ3n) is 3.42. The van der Waals surface area contributed by atoms with E-state index in [1.54, 1.807) is 22.7 Å². The monoisotopic (exact) mass is 323 g/mol. The van der Waals surface area contributed by atoms with Crippen molar-refractivity contribution in [1.29, 1.82) is 0 Å². The van der Waals surface area contributed by atoms with Gasteiger partial charge in [0.2, 0.25) is 0 Å². The maximum Gasteiger partial charge on any atom is 0.129 e. The van der Waals surface area contributed by atoms with Gasteiger partial charge in [-0.15, -0.1) is 22.7 Å². The van der Waals surface area contributed by atoms with Crippen molar-refractivity contribution in [1.82, 2.24) is 5.32 Å². The van der Waals surface area contributed by atoms with Gasteiger partial charge in [-0.25, -0.2) is 8.78 Å². The highest BCUT2D eigenvalue weighted by atomic mass is 32.1. The molecule has 3 aromatic rings. The van der Waals surface area contributed by atoms with Crippen molar-refractivity contribution in [3.63, 3.8) is 0 Å². The van der Waals surface area contributed by atoms with Gasteiger partial charge in [-0.05, 0) is 42.6 Å². The van der Waals surface area contributed by atoms with E-state index in [2.05, 4.69) is 22.8 Å². The zero-order valence-corrected chi connectivity index (χ0v) is 13.2. The number of hydrogen-bond acceptors (Lipinski definition) is 3. The number of likely N-dealkylation sites (N-methyl/N-ethyl adjacent to an activating group) is 1. The lowest BCUT2D eigenvalue weighted by Gasteiger charge is -2.17. The van der Waals surface area contributed by atoms with E-state index in [-0.39, 0.29) is 11.6 Å². The van der Waals surface area contributed by atoms with Gasteiger partial charge in [-0.2, -0.15) is 0 Å². The first-order valence-corrected chi connectivity index (χ1v) is 8.52. The van der Waals surface area contributed by atoms with Gasteiger partial charge >= 0.3 is 0 Å². The molecule has 110 valence electrons. The SMILES string of the molecule is CCNC(Cc1c(F)cccc1F)c1cc2sccc2s1. The Morgan fingerprint density at radius 2 is 1.90 bits per heavy atom. The normalized spacial score (nSPS) is 12.9. The van der Waals surface area contributed by atoms with Crippen LogP contribution in [-0.4, -0.2) is 6.54 Å². The van der Waals surface area contributed by atoms with Crippen molar-refractivity contribution in [2.75, 3.05) is 6.54 Å². The molecule has 1 unspecified atom stereocenters. The molecule has 0 saturated carbocycles. The van der Waals surface area contributed by atoms with E-state index >= 15 is 0 Å². The van der Waals surface area contributed by atoms with E-state index < -0.39 is 11.6 Å². The van der Waals surface area contributed by atoms with E-state index in [4.69, 9.17) is 0 Å². The first kappa shape index (κ1) is 14.6. The zero-order chi connectivity index (χ0) is 14.8. The Morgan fingerprint density at radius 1 is 1.14 bits per heavy atom. The average Bonchev–Trinajstić information content (AvgIpc) is 3.03. The van der Waals surface area contributed by atoms with Crippen LogP contribution in [0.15, 0.2) is 35.7 Å². The number of rotatable bonds is 5. The average molecular weight is 323 g/mol. The van der Waals surface area contributed by atoms with Crippen LogP contribution in [0.1, 0.15) is 23.4 Å². The number of nitrogens with one attached hydrogen (secondary N) is 1. The molecule has 0 radical (unpaired) electrons. The van der Waals surface area contributed by atoms with Gasteiger partial charge in [0.1, 0.15) is 11.6 Å². The molecule has 1 atom stereocenters. The fourth-order valence-electron chi connectivity index (χ4n) is 2.41.